The van der Waals surface area contributed by atoms with Crippen molar-refractivity contribution in [3.63, 3.8) is 0 Å². The van der Waals surface area contributed by atoms with Gasteiger partial charge in [0.2, 0.25) is 5.91 Å². The van der Waals surface area contributed by atoms with E-state index in [2.05, 4.69) is 52.4 Å². The van der Waals surface area contributed by atoms with Crippen molar-refractivity contribution in [2.45, 2.75) is 19.0 Å². The lowest BCUT2D eigenvalue weighted by Crippen LogP contribution is -2.15. The van der Waals surface area contributed by atoms with Crippen LogP contribution in [-0.2, 0) is 4.79 Å². The number of anilines is 1. The van der Waals surface area contributed by atoms with Gasteiger partial charge in [-0.1, -0.05) is 35.5 Å². The van der Waals surface area contributed by atoms with Crippen molar-refractivity contribution in [2.24, 2.45) is 0 Å². The van der Waals surface area contributed by atoms with Gasteiger partial charge >= 0.3 is 0 Å². The summed E-state index contributed by atoms with van der Waals surface area (Å²) in [7, 11) is 0. The van der Waals surface area contributed by atoms with Crippen LogP contribution in [0.25, 0.3) is 17.2 Å². The topological polar surface area (TPSA) is 72.7 Å². The maximum absolute atomic E-state index is 12.7. The fraction of sp³-hybridized carbons (Fsp3) is 0.130. The van der Waals surface area contributed by atoms with Crippen LogP contribution in [0.2, 0.25) is 0 Å². The van der Waals surface area contributed by atoms with Crippen molar-refractivity contribution >= 4 is 55.2 Å². The molecule has 0 radical (unpaired) electrons. The number of benzene rings is 2. The number of amides is 1. The number of hydrogen-bond acceptors (Lipinski definition) is 5. The number of carbonyl (C=O) groups is 1. The van der Waals surface area contributed by atoms with Gasteiger partial charge in [-0.05, 0) is 87.7 Å². The Morgan fingerprint density at radius 2 is 1.72 bits per heavy atom. The Kier molecular flexibility index (Phi) is 7.07. The van der Waals surface area contributed by atoms with Gasteiger partial charge in [0.05, 0.1) is 11.4 Å². The number of thioether (sulfide) groups is 1. The molecule has 1 N–H and O–H groups in total. The van der Waals surface area contributed by atoms with E-state index in [9.17, 15) is 4.79 Å². The molecule has 0 bridgehead atoms. The zero-order valence-corrected chi connectivity index (χ0v) is 21.3. The molecule has 0 fully saturated rings. The molecule has 0 spiro atoms. The molecule has 2 aromatic carbocycles. The number of nitrogens with zero attached hydrogens (tertiary/aromatic N) is 4. The van der Waals surface area contributed by atoms with Crippen molar-refractivity contribution in [3.8, 4) is 17.2 Å². The first kappa shape index (κ1) is 22.7. The number of pyridine rings is 1. The fourth-order valence-electron chi connectivity index (χ4n) is 3.08. The summed E-state index contributed by atoms with van der Waals surface area (Å²) in [6, 6.07) is 17.7. The predicted octanol–water partition coefficient (Wildman–Crippen LogP) is 6.20. The van der Waals surface area contributed by atoms with E-state index >= 15 is 0 Å². The average Bonchev–Trinajstić information content (AvgIpc) is 3.20. The monoisotopic (exact) mass is 571 g/mol. The molecule has 0 saturated heterocycles. The highest BCUT2D eigenvalue weighted by atomic mass is 79.9. The van der Waals surface area contributed by atoms with E-state index in [1.807, 2.05) is 73.0 Å². The van der Waals surface area contributed by atoms with Gasteiger partial charge in [0.1, 0.15) is 5.69 Å². The van der Waals surface area contributed by atoms with Crippen molar-refractivity contribution in [3.05, 3.63) is 80.9 Å². The van der Waals surface area contributed by atoms with Crippen molar-refractivity contribution in [2.75, 3.05) is 11.1 Å². The molecule has 0 aliphatic rings. The molecule has 0 aliphatic carbocycles. The second-order valence-electron chi connectivity index (χ2n) is 7.13. The van der Waals surface area contributed by atoms with Crippen molar-refractivity contribution < 1.29 is 4.79 Å². The zero-order chi connectivity index (χ0) is 22.7. The van der Waals surface area contributed by atoms with E-state index < -0.39 is 0 Å². The van der Waals surface area contributed by atoms with E-state index in [-0.39, 0.29) is 11.7 Å². The van der Waals surface area contributed by atoms with Crippen LogP contribution >= 0.6 is 43.6 Å². The Morgan fingerprint density at radius 1 is 1.00 bits per heavy atom. The minimum absolute atomic E-state index is 0.141. The first-order chi connectivity index (χ1) is 15.4. The van der Waals surface area contributed by atoms with E-state index in [1.165, 1.54) is 11.8 Å². The van der Waals surface area contributed by atoms with Crippen LogP contribution in [0.15, 0.2) is 74.9 Å². The Balaban J connectivity index is 1.59. The molecule has 6 nitrogen and oxygen atoms in total. The maximum atomic E-state index is 12.7. The van der Waals surface area contributed by atoms with Gasteiger partial charge in [-0.3, -0.25) is 14.3 Å². The van der Waals surface area contributed by atoms with Crippen LogP contribution in [0.3, 0.4) is 0 Å². The molecule has 0 saturated carbocycles. The normalized spacial score (nSPS) is 10.9. The number of carbonyl (C=O) groups excluding carboxylic acids is 1. The second-order valence-corrected chi connectivity index (χ2v) is 9.78. The summed E-state index contributed by atoms with van der Waals surface area (Å²) in [4.78, 5) is 17.1. The minimum atomic E-state index is -0.141. The number of hydrogen-bond donors (Lipinski definition) is 1. The molecule has 2 heterocycles. The Labute approximate surface area is 207 Å². The highest BCUT2D eigenvalue weighted by Gasteiger charge is 2.18. The third-order valence-corrected chi connectivity index (χ3v) is 6.78. The number of aromatic nitrogens is 4. The van der Waals surface area contributed by atoms with Crippen LogP contribution in [0.4, 0.5) is 5.69 Å². The van der Waals surface area contributed by atoms with Crippen molar-refractivity contribution in [1.82, 2.24) is 19.7 Å². The largest absolute Gasteiger partial charge is 0.323 e. The van der Waals surface area contributed by atoms with Gasteiger partial charge in [0.15, 0.2) is 11.0 Å². The molecular weight excluding hydrogens is 554 g/mol. The number of halogens is 2. The number of nitrogens with one attached hydrogen (secondary N) is 1. The van der Waals surface area contributed by atoms with Crippen LogP contribution in [0.1, 0.15) is 11.1 Å². The lowest BCUT2D eigenvalue weighted by molar-refractivity contribution is -0.113. The molecule has 32 heavy (non-hydrogen) atoms. The molecule has 0 unspecified atom stereocenters. The lowest BCUT2D eigenvalue weighted by Gasteiger charge is -2.12. The van der Waals surface area contributed by atoms with Crippen molar-refractivity contribution in [1.29, 1.82) is 0 Å². The number of aryl methyl sites for hydroxylation is 2. The zero-order valence-electron chi connectivity index (χ0n) is 17.3. The SMILES string of the molecule is Cc1ccc(-n2c(SCC(=O)Nc3c(Br)cc(C)cc3Br)nnc2-c2ccccn2)cc1. The molecular formula is C23H19Br2N5OS. The average molecular weight is 573 g/mol. The lowest BCUT2D eigenvalue weighted by atomic mass is 10.2. The summed E-state index contributed by atoms with van der Waals surface area (Å²) in [6.07, 6.45) is 1.72. The quantitative estimate of drug-likeness (QED) is 0.278. The fourth-order valence-corrected chi connectivity index (χ4v) is 5.44. The molecule has 9 heteroatoms. The first-order valence-corrected chi connectivity index (χ1v) is 12.3. The second kappa shape index (κ2) is 9.97. The molecule has 0 aliphatic heterocycles. The summed E-state index contributed by atoms with van der Waals surface area (Å²) >= 11 is 8.35. The molecule has 0 atom stereocenters. The Morgan fingerprint density at radius 3 is 2.38 bits per heavy atom. The standard InChI is InChI=1S/C23H19Br2N5OS/c1-14-6-8-16(9-7-14)30-22(19-5-3-4-10-26-19)28-29-23(30)32-13-20(31)27-21-17(24)11-15(2)12-18(21)25/h3-12H,13H2,1-2H3,(H,27,31). The van der Waals surface area contributed by atoms with E-state index in [0.717, 1.165) is 25.8 Å². The van der Waals surface area contributed by atoms with Crippen LogP contribution in [0, 0.1) is 13.8 Å². The van der Waals surface area contributed by atoms with Gasteiger partial charge in [0.25, 0.3) is 0 Å². The van der Waals surface area contributed by atoms with Gasteiger partial charge < -0.3 is 5.32 Å². The maximum Gasteiger partial charge on any atom is 0.234 e. The molecule has 2 aromatic heterocycles. The van der Waals surface area contributed by atoms with Crippen LogP contribution < -0.4 is 5.32 Å². The van der Waals surface area contributed by atoms with E-state index in [0.29, 0.717) is 22.4 Å². The van der Waals surface area contributed by atoms with Crippen LogP contribution in [-0.4, -0.2) is 31.4 Å². The smallest absolute Gasteiger partial charge is 0.234 e. The summed E-state index contributed by atoms with van der Waals surface area (Å²) in [5.41, 5.74) is 4.57. The predicted molar refractivity (Wildman–Crippen MR) is 135 cm³/mol. The molecule has 4 rings (SSSR count). The van der Waals surface area contributed by atoms with Gasteiger partial charge in [0, 0.05) is 20.8 Å². The molecule has 162 valence electrons. The summed E-state index contributed by atoms with van der Waals surface area (Å²) in [5, 5.41) is 12.3. The molecule has 4 aromatic rings. The van der Waals surface area contributed by atoms with Gasteiger partial charge in [-0.15, -0.1) is 10.2 Å². The summed E-state index contributed by atoms with van der Waals surface area (Å²) in [5.74, 6) is 0.665. The van der Waals surface area contributed by atoms with Crippen LogP contribution in [0.5, 0.6) is 0 Å². The van der Waals surface area contributed by atoms with Gasteiger partial charge in [-0.25, -0.2) is 0 Å². The summed E-state index contributed by atoms with van der Waals surface area (Å²) < 4.78 is 3.57. The Bertz CT molecular complexity index is 1240. The van der Waals surface area contributed by atoms with E-state index in [1.54, 1.807) is 6.20 Å². The summed E-state index contributed by atoms with van der Waals surface area (Å²) in [6.45, 7) is 4.03. The van der Waals surface area contributed by atoms with E-state index in [4.69, 9.17) is 0 Å². The number of rotatable bonds is 6. The minimum Gasteiger partial charge on any atom is -0.323 e. The third-order valence-electron chi connectivity index (χ3n) is 4.60. The first-order valence-electron chi connectivity index (χ1n) is 9.74. The Hall–Kier alpha value is -2.49. The molecule has 1 amide bonds. The highest BCUT2D eigenvalue weighted by Crippen LogP contribution is 2.33. The van der Waals surface area contributed by atoms with Gasteiger partial charge in [-0.2, -0.15) is 0 Å². The third kappa shape index (κ3) is 5.11. The highest BCUT2D eigenvalue weighted by molar-refractivity contribution is 9.11.